The van der Waals surface area contributed by atoms with Gasteiger partial charge >= 0.3 is 5.97 Å². The third-order valence-electron chi connectivity index (χ3n) is 9.50. The third kappa shape index (κ3) is 8.62. The van der Waals surface area contributed by atoms with Gasteiger partial charge in [-0.25, -0.2) is 0 Å². The Morgan fingerprint density at radius 3 is 2.44 bits per heavy atom. The molecule has 2 aliphatic heterocycles. The van der Waals surface area contributed by atoms with E-state index in [1.807, 2.05) is 13.8 Å². The van der Waals surface area contributed by atoms with Crippen LogP contribution in [0.1, 0.15) is 102 Å². The lowest BCUT2D eigenvalue weighted by Gasteiger charge is -2.39. The number of hydrogen-bond acceptors (Lipinski definition) is 8. The Morgan fingerprint density at radius 1 is 0.979 bits per heavy atom. The maximum atomic E-state index is 14.2. The van der Waals surface area contributed by atoms with Crippen LogP contribution in [0, 0.1) is 11.8 Å². The number of hydrogen-bond donors (Lipinski definition) is 2. The summed E-state index contributed by atoms with van der Waals surface area (Å²) in [7, 11) is 1.45. The highest BCUT2D eigenvalue weighted by Crippen LogP contribution is 2.27. The number of rotatable bonds is 12. The lowest BCUT2D eigenvalue weighted by atomic mass is 9.87. The zero-order valence-electron chi connectivity index (χ0n) is 28.8. The fraction of sp³-hybridized carbons (Fsp3) is 0.611. The standard InChI is InChI=1S/C36H50N4O8/c1-6-23(4)31-36(46)39-19-13-12-17-28(39)29(41)20-24(14-8-7-9-18-30(42)48-22(2)3)34(44)38-32(35(45)37-31)33(43)26-21-40(47-5)27-16-11-10-15-25(26)27/h10-11,15-16,21-24,28,31-32H,6-9,12-14,17-20H2,1-5H3,(H,37,45)(H,38,44)/t23?,24-,28-,31+,32+/m1/s1. The zero-order chi connectivity index (χ0) is 35.0. The van der Waals surface area contributed by atoms with E-state index in [-0.39, 0.29) is 48.1 Å². The summed E-state index contributed by atoms with van der Waals surface area (Å²) >= 11 is 0. The van der Waals surface area contributed by atoms with E-state index in [1.54, 1.807) is 43.0 Å². The molecule has 1 unspecified atom stereocenters. The van der Waals surface area contributed by atoms with Gasteiger partial charge in [-0.2, -0.15) is 4.73 Å². The molecule has 3 heterocycles. The number of unbranched alkanes of at least 4 members (excludes halogenated alkanes) is 2. The predicted molar refractivity (Wildman–Crippen MR) is 179 cm³/mol. The van der Waals surface area contributed by atoms with Crippen molar-refractivity contribution in [3.05, 3.63) is 36.0 Å². The van der Waals surface area contributed by atoms with Gasteiger partial charge in [0.25, 0.3) is 5.91 Å². The summed E-state index contributed by atoms with van der Waals surface area (Å²) in [6.45, 7) is 7.70. The van der Waals surface area contributed by atoms with Crippen molar-refractivity contribution in [3.8, 4) is 0 Å². The number of carbonyl (C=O) groups is 6. The van der Waals surface area contributed by atoms with E-state index in [0.29, 0.717) is 56.0 Å². The fourth-order valence-electron chi connectivity index (χ4n) is 6.65. The van der Waals surface area contributed by atoms with Crippen molar-refractivity contribution < 1.29 is 38.3 Å². The Kier molecular flexibility index (Phi) is 12.8. The number of fused-ring (bicyclic) bond motifs is 2. The van der Waals surface area contributed by atoms with Crippen LogP contribution in [0.2, 0.25) is 0 Å². The average Bonchev–Trinajstić information content (AvgIpc) is 3.45. The Balaban J connectivity index is 1.67. The van der Waals surface area contributed by atoms with Crippen LogP contribution in [0.25, 0.3) is 10.9 Å². The van der Waals surface area contributed by atoms with Gasteiger partial charge in [0.05, 0.1) is 23.9 Å². The molecule has 262 valence electrons. The Hall–Kier alpha value is -4.22. The summed E-state index contributed by atoms with van der Waals surface area (Å²) in [5.74, 6) is -4.01. The molecule has 2 aromatic rings. The zero-order valence-corrected chi connectivity index (χ0v) is 28.8. The van der Waals surface area contributed by atoms with E-state index in [1.165, 1.54) is 18.0 Å². The summed E-state index contributed by atoms with van der Waals surface area (Å²) < 4.78 is 6.62. The third-order valence-corrected chi connectivity index (χ3v) is 9.50. The Bertz CT molecular complexity index is 1500. The van der Waals surface area contributed by atoms with E-state index < -0.39 is 41.6 Å². The van der Waals surface area contributed by atoms with Gasteiger partial charge in [-0.15, -0.1) is 0 Å². The highest BCUT2D eigenvalue weighted by atomic mass is 16.6. The van der Waals surface area contributed by atoms with Crippen LogP contribution in [-0.2, 0) is 28.7 Å². The second-order valence-electron chi connectivity index (χ2n) is 13.3. The van der Waals surface area contributed by atoms with Crippen molar-refractivity contribution in [1.82, 2.24) is 20.3 Å². The normalized spacial score (nSPS) is 23.1. The molecule has 5 atom stereocenters. The molecule has 4 rings (SSSR count). The molecule has 12 nitrogen and oxygen atoms in total. The number of amides is 3. The number of carbonyl (C=O) groups excluding carboxylic acids is 6. The topological polar surface area (TPSA) is 153 Å². The molecule has 12 heteroatoms. The van der Waals surface area contributed by atoms with Crippen LogP contribution in [-0.4, -0.2) is 82.8 Å². The molecule has 3 amide bonds. The van der Waals surface area contributed by atoms with Gasteiger partial charge < -0.3 is 25.1 Å². The van der Waals surface area contributed by atoms with Crippen molar-refractivity contribution in [2.75, 3.05) is 13.7 Å². The van der Waals surface area contributed by atoms with Crippen LogP contribution in [0.4, 0.5) is 0 Å². The molecule has 1 aromatic carbocycles. The minimum atomic E-state index is -1.66. The molecule has 1 aromatic heterocycles. The highest BCUT2D eigenvalue weighted by molar-refractivity contribution is 6.20. The summed E-state index contributed by atoms with van der Waals surface area (Å²) in [6.07, 6.45) is 5.96. The summed E-state index contributed by atoms with van der Waals surface area (Å²) in [5, 5.41) is 6.04. The first-order valence-electron chi connectivity index (χ1n) is 17.3. The molecule has 0 spiro atoms. The molecular weight excluding hydrogens is 616 g/mol. The van der Waals surface area contributed by atoms with Crippen LogP contribution in [0.3, 0.4) is 0 Å². The van der Waals surface area contributed by atoms with Crippen molar-refractivity contribution in [1.29, 1.82) is 0 Å². The molecule has 48 heavy (non-hydrogen) atoms. The molecule has 2 aliphatic rings. The van der Waals surface area contributed by atoms with Gasteiger partial charge in [0.2, 0.25) is 11.8 Å². The first-order valence-corrected chi connectivity index (χ1v) is 17.3. The number of piperidine rings is 1. The SMILES string of the molecule is CCC(C)[C@@H]1NC(=O)[C@H](C(=O)c2cn(OC)c3ccccc23)NC(=O)[C@H](CCCCCC(=O)OC(C)C)CC(=O)[C@H]2CCCCN2C1=O. The number of ketones is 2. The smallest absolute Gasteiger partial charge is 0.306 e. The first kappa shape index (κ1) is 36.6. The van der Waals surface area contributed by atoms with E-state index in [2.05, 4.69) is 10.6 Å². The molecule has 2 fully saturated rings. The molecule has 2 saturated heterocycles. The monoisotopic (exact) mass is 666 g/mol. The number of esters is 1. The molecule has 0 bridgehead atoms. The summed E-state index contributed by atoms with van der Waals surface area (Å²) in [5.41, 5.74) is 0.774. The average molecular weight is 667 g/mol. The lowest BCUT2D eigenvalue weighted by molar-refractivity contribution is -0.147. The summed E-state index contributed by atoms with van der Waals surface area (Å²) in [4.78, 5) is 89.3. The minimum absolute atomic E-state index is 0.130. The number of benzene rings is 1. The van der Waals surface area contributed by atoms with Crippen molar-refractivity contribution in [2.24, 2.45) is 11.8 Å². The molecular formula is C36H50N4O8. The van der Waals surface area contributed by atoms with E-state index in [9.17, 15) is 28.8 Å². The lowest BCUT2D eigenvalue weighted by Crippen LogP contribution is -2.62. The fourth-order valence-corrected chi connectivity index (χ4v) is 6.65. The molecule has 0 aliphatic carbocycles. The molecule has 2 N–H and O–H groups in total. The molecule has 0 radical (unpaired) electrons. The van der Waals surface area contributed by atoms with E-state index in [0.717, 1.165) is 12.8 Å². The maximum absolute atomic E-state index is 14.2. The van der Waals surface area contributed by atoms with Crippen LogP contribution >= 0.6 is 0 Å². The number of para-hydroxylation sites is 1. The van der Waals surface area contributed by atoms with E-state index in [4.69, 9.17) is 9.57 Å². The number of ether oxygens (including phenoxy) is 1. The van der Waals surface area contributed by atoms with E-state index >= 15 is 0 Å². The van der Waals surface area contributed by atoms with Gasteiger partial charge in [-0.3, -0.25) is 28.8 Å². The number of nitrogens with zero attached hydrogens (tertiary/aromatic N) is 2. The minimum Gasteiger partial charge on any atom is -0.463 e. The van der Waals surface area contributed by atoms with Crippen molar-refractivity contribution >= 4 is 46.2 Å². The number of nitrogens with one attached hydrogen (secondary N) is 2. The van der Waals surface area contributed by atoms with Crippen LogP contribution in [0.15, 0.2) is 30.5 Å². The van der Waals surface area contributed by atoms with Crippen molar-refractivity contribution in [3.63, 3.8) is 0 Å². The van der Waals surface area contributed by atoms with Crippen molar-refractivity contribution in [2.45, 2.75) is 116 Å². The van der Waals surface area contributed by atoms with Gasteiger partial charge in [0.15, 0.2) is 17.6 Å². The van der Waals surface area contributed by atoms with Gasteiger partial charge in [-0.1, -0.05) is 51.3 Å². The quantitative estimate of drug-likeness (QED) is 0.150. The van der Waals surface area contributed by atoms with Gasteiger partial charge in [0.1, 0.15) is 13.2 Å². The highest BCUT2D eigenvalue weighted by Gasteiger charge is 2.42. The largest absolute Gasteiger partial charge is 0.463 e. The van der Waals surface area contributed by atoms with Gasteiger partial charge in [0, 0.05) is 36.3 Å². The first-order chi connectivity index (χ1) is 23.0. The van der Waals surface area contributed by atoms with Crippen LogP contribution in [0.5, 0.6) is 0 Å². The second-order valence-corrected chi connectivity index (χ2v) is 13.3. The Morgan fingerprint density at radius 2 is 1.73 bits per heavy atom. The second kappa shape index (κ2) is 16.7. The maximum Gasteiger partial charge on any atom is 0.306 e. The predicted octanol–water partition coefficient (Wildman–Crippen LogP) is 3.77. The molecule has 0 saturated carbocycles. The number of aromatic nitrogens is 1. The summed E-state index contributed by atoms with van der Waals surface area (Å²) in [6, 6.07) is 3.72. The van der Waals surface area contributed by atoms with Crippen LogP contribution < -0.4 is 15.5 Å². The Labute approximate surface area is 282 Å². The van der Waals surface area contributed by atoms with Gasteiger partial charge in [-0.05, 0) is 57.9 Å². The number of Topliss-reactive ketones (excluding diaryl/α,β-unsaturated/α-hetero) is 2.